The van der Waals surface area contributed by atoms with Gasteiger partial charge in [-0.3, -0.25) is 4.79 Å². The zero-order valence-electron chi connectivity index (χ0n) is 9.67. The molecule has 2 amide bonds. The first kappa shape index (κ1) is 10.9. The van der Waals surface area contributed by atoms with Crippen molar-refractivity contribution in [2.24, 2.45) is 0 Å². The van der Waals surface area contributed by atoms with Crippen molar-refractivity contribution in [3.05, 3.63) is 24.3 Å². The van der Waals surface area contributed by atoms with Crippen molar-refractivity contribution >= 4 is 23.4 Å². The Hall–Kier alpha value is -2.24. The highest BCUT2D eigenvalue weighted by Crippen LogP contribution is 2.33. The fourth-order valence-corrected chi connectivity index (χ4v) is 2.52. The molecule has 3 rings (SSSR count). The molecule has 0 unspecified atom stereocenters. The lowest BCUT2D eigenvalue weighted by atomic mass is 10.1. The van der Waals surface area contributed by atoms with Gasteiger partial charge in [0.05, 0.1) is 17.9 Å². The number of carboxylic acid groups (broad SMARTS) is 1. The average Bonchev–Trinajstić information content (AvgIpc) is 2.38. The Morgan fingerprint density at radius 2 is 2.11 bits per heavy atom. The van der Waals surface area contributed by atoms with Gasteiger partial charge in [0, 0.05) is 13.1 Å². The lowest BCUT2D eigenvalue weighted by Gasteiger charge is -2.44. The number of piperazine rings is 1. The van der Waals surface area contributed by atoms with Gasteiger partial charge in [-0.15, -0.1) is 0 Å². The van der Waals surface area contributed by atoms with Crippen molar-refractivity contribution in [2.45, 2.75) is 6.04 Å². The molecule has 0 radical (unpaired) electrons. The molecule has 1 saturated heterocycles. The van der Waals surface area contributed by atoms with Gasteiger partial charge in [0.15, 0.2) is 0 Å². The zero-order valence-corrected chi connectivity index (χ0v) is 9.67. The van der Waals surface area contributed by atoms with E-state index in [-0.39, 0.29) is 12.5 Å². The molecule has 0 spiro atoms. The van der Waals surface area contributed by atoms with Crippen LogP contribution in [0.5, 0.6) is 0 Å². The van der Waals surface area contributed by atoms with Gasteiger partial charge in [0.1, 0.15) is 6.04 Å². The van der Waals surface area contributed by atoms with Crippen LogP contribution in [0.4, 0.5) is 16.2 Å². The quantitative estimate of drug-likeness (QED) is 0.711. The number of nitrogens with one attached hydrogen (secondary N) is 1. The summed E-state index contributed by atoms with van der Waals surface area (Å²) < 4.78 is 0. The summed E-state index contributed by atoms with van der Waals surface area (Å²) in [4.78, 5) is 26.2. The first-order valence-electron chi connectivity index (χ1n) is 5.81. The second-order valence-corrected chi connectivity index (χ2v) is 4.44. The third-order valence-corrected chi connectivity index (χ3v) is 3.42. The Bertz CT molecular complexity index is 517. The molecule has 6 nitrogen and oxygen atoms in total. The van der Waals surface area contributed by atoms with Gasteiger partial charge < -0.3 is 20.2 Å². The lowest BCUT2D eigenvalue weighted by Crippen LogP contribution is -2.60. The molecule has 2 aliphatic rings. The average molecular weight is 247 g/mol. The normalized spacial score (nSPS) is 22.0. The van der Waals surface area contributed by atoms with E-state index in [1.165, 1.54) is 4.90 Å². The molecule has 2 N–H and O–H groups in total. The molecule has 18 heavy (non-hydrogen) atoms. The molecule has 1 fully saturated rings. The van der Waals surface area contributed by atoms with Crippen molar-refractivity contribution in [2.75, 3.05) is 29.9 Å². The fourth-order valence-electron chi connectivity index (χ4n) is 2.52. The largest absolute Gasteiger partial charge is 0.465 e. The van der Waals surface area contributed by atoms with Crippen molar-refractivity contribution in [3.63, 3.8) is 0 Å². The van der Waals surface area contributed by atoms with Gasteiger partial charge >= 0.3 is 6.09 Å². The van der Waals surface area contributed by atoms with Crippen molar-refractivity contribution < 1.29 is 14.7 Å². The van der Waals surface area contributed by atoms with E-state index in [0.717, 1.165) is 11.4 Å². The zero-order chi connectivity index (χ0) is 12.7. The minimum absolute atomic E-state index is 0.139. The minimum atomic E-state index is -0.971. The molecular weight excluding hydrogens is 234 g/mol. The van der Waals surface area contributed by atoms with E-state index in [0.29, 0.717) is 13.1 Å². The summed E-state index contributed by atoms with van der Waals surface area (Å²) in [6, 6.07) is 7.15. The van der Waals surface area contributed by atoms with Gasteiger partial charge in [-0.05, 0) is 12.1 Å². The van der Waals surface area contributed by atoms with Crippen molar-refractivity contribution in [3.8, 4) is 0 Å². The van der Waals surface area contributed by atoms with Crippen LogP contribution >= 0.6 is 0 Å². The summed E-state index contributed by atoms with van der Waals surface area (Å²) in [5, 5.41) is 11.8. The molecule has 2 aliphatic heterocycles. The monoisotopic (exact) mass is 247 g/mol. The molecule has 1 atom stereocenters. The van der Waals surface area contributed by atoms with Crippen LogP contribution in [-0.2, 0) is 4.79 Å². The molecule has 6 heteroatoms. The van der Waals surface area contributed by atoms with Crippen LogP contribution in [0.15, 0.2) is 24.3 Å². The maximum absolute atomic E-state index is 12.0. The number of carbonyl (C=O) groups is 2. The molecule has 94 valence electrons. The highest BCUT2D eigenvalue weighted by atomic mass is 16.4. The molecule has 0 bridgehead atoms. The van der Waals surface area contributed by atoms with Crippen LogP contribution in [-0.4, -0.2) is 47.7 Å². The number of fused-ring (bicyclic) bond motifs is 3. The maximum atomic E-state index is 12.0. The molecule has 1 aromatic carbocycles. The van der Waals surface area contributed by atoms with Crippen LogP contribution in [0.1, 0.15) is 0 Å². The summed E-state index contributed by atoms with van der Waals surface area (Å²) in [5.74, 6) is -0.139. The standard InChI is InChI=1S/C12H13N3O3/c16-11-10-7-14(12(17)18)5-6-15(10)9-4-2-1-3-8(9)13-11/h1-4,10H,5-7H2,(H,13,16)(H,17,18)/t10-/m0/s1. The van der Waals surface area contributed by atoms with Gasteiger partial charge in [0.25, 0.3) is 0 Å². The third kappa shape index (κ3) is 1.57. The van der Waals surface area contributed by atoms with E-state index in [2.05, 4.69) is 5.32 Å². The third-order valence-electron chi connectivity index (χ3n) is 3.42. The number of anilines is 2. The van der Waals surface area contributed by atoms with E-state index in [1.807, 2.05) is 29.2 Å². The van der Waals surface area contributed by atoms with Crippen molar-refractivity contribution in [1.29, 1.82) is 0 Å². The smallest absolute Gasteiger partial charge is 0.407 e. The number of carbonyl (C=O) groups excluding carboxylic acids is 1. The molecule has 0 aromatic heterocycles. The lowest BCUT2D eigenvalue weighted by molar-refractivity contribution is -0.118. The van der Waals surface area contributed by atoms with E-state index in [1.54, 1.807) is 0 Å². The minimum Gasteiger partial charge on any atom is -0.465 e. The van der Waals surface area contributed by atoms with E-state index >= 15 is 0 Å². The molecule has 0 saturated carbocycles. The van der Waals surface area contributed by atoms with Crippen LogP contribution in [0.25, 0.3) is 0 Å². The second kappa shape index (κ2) is 3.90. The summed E-state index contributed by atoms with van der Waals surface area (Å²) in [6.07, 6.45) is -0.971. The first-order chi connectivity index (χ1) is 8.66. The Kier molecular flexibility index (Phi) is 2.36. The Balaban J connectivity index is 1.93. The fraction of sp³-hybridized carbons (Fsp3) is 0.333. The van der Waals surface area contributed by atoms with Crippen LogP contribution in [0, 0.1) is 0 Å². The predicted octanol–water partition coefficient (Wildman–Crippen LogP) is 0.807. The molecule has 0 aliphatic carbocycles. The molecule has 2 heterocycles. The number of hydrogen-bond acceptors (Lipinski definition) is 3. The van der Waals surface area contributed by atoms with Crippen LogP contribution < -0.4 is 10.2 Å². The SMILES string of the molecule is O=C1Nc2ccccc2N2CCN(C(=O)O)C[C@@H]12. The summed E-state index contributed by atoms with van der Waals surface area (Å²) in [7, 11) is 0. The summed E-state index contributed by atoms with van der Waals surface area (Å²) in [5.41, 5.74) is 1.76. The number of amides is 2. The van der Waals surface area contributed by atoms with Crippen LogP contribution in [0.2, 0.25) is 0 Å². The van der Waals surface area contributed by atoms with E-state index < -0.39 is 12.1 Å². The summed E-state index contributed by atoms with van der Waals surface area (Å²) >= 11 is 0. The second-order valence-electron chi connectivity index (χ2n) is 4.44. The highest BCUT2D eigenvalue weighted by molar-refractivity contribution is 6.04. The number of nitrogens with zero attached hydrogens (tertiary/aromatic N) is 2. The van der Waals surface area contributed by atoms with Crippen molar-refractivity contribution in [1.82, 2.24) is 4.90 Å². The molecule has 1 aromatic rings. The first-order valence-corrected chi connectivity index (χ1v) is 5.81. The number of rotatable bonds is 0. The van der Waals surface area contributed by atoms with Gasteiger partial charge in [-0.25, -0.2) is 4.79 Å². The molecular formula is C12H13N3O3. The van der Waals surface area contributed by atoms with E-state index in [4.69, 9.17) is 5.11 Å². The number of benzene rings is 1. The maximum Gasteiger partial charge on any atom is 0.407 e. The van der Waals surface area contributed by atoms with Crippen LogP contribution in [0.3, 0.4) is 0 Å². The Morgan fingerprint density at radius 1 is 1.33 bits per heavy atom. The van der Waals surface area contributed by atoms with E-state index in [9.17, 15) is 9.59 Å². The van der Waals surface area contributed by atoms with Gasteiger partial charge in [-0.2, -0.15) is 0 Å². The number of para-hydroxylation sites is 2. The Labute approximate surface area is 104 Å². The van der Waals surface area contributed by atoms with Gasteiger partial charge in [0.2, 0.25) is 5.91 Å². The summed E-state index contributed by atoms with van der Waals surface area (Å²) in [6.45, 7) is 1.18. The van der Waals surface area contributed by atoms with Gasteiger partial charge in [-0.1, -0.05) is 12.1 Å². The highest BCUT2D eigenvalue weighted by Gasteiger charge is 2.38. The predicted molar refractivity (Wildman–Crippen MR) is 65.8 cm³/mol. The Morgan fingerprint density at radius 3 is 2.89 bits per heavy atom. The number of hydrogen-bond donors (Lipinski definition) is 2. The topological polar surface area (TPSA) is 72.9 Å².